The summed E-state index contributed by atoms with van der Waals surface area (Å²) in [7, 11) is 0. The zero-order valence-electron chi connectivity index (χ0n) is 31.0. The molecule has 0 aliphatic carbocycles. The number of hydrogen-bond donors (Lipinski definition) is 3. The van der Waals surface area contributed by atoms with Crippen molar-refractivity contribution in [1.29, 1.82) is 0 Å². The van der Waals surface area contributed by atoms with Gasteiger partial charge in [-0.1, -0.05) is 13.8 Å². The maximum absolute atomic E-state index is 14.1. The van der Waals surface area contributed by atoms with E-state index in [1.807, 2.05) is 34.6 Å². The molecule has 1 heterocycles. The second-order valence-corrected chi connectivity index (χ2v) is 14.6. The molecule has 4 amide bonds. The number of likely N-dealkylation sites (tertiary alicyclic amines) is 1. The molecule has 1 aliphatic rings. The SMILES string of the molecule is CCCN(CCC)C(=O)c1cc(C)cc(C(=O)N[C@@H](Cc2cc(F)cc(F)c2)[C@@H](O)CCNC(=O)CCC2CCCN(C(=O)OC(C)(C)C)C2)c1. The minimum atomic E-state index is -1.18. The van der Waals surface area contributed by atoms with Crippen LogP contribution in [-0.4, -0.2) is 89.2 Å². The van der Waals surface area contributed by atoms with Crippen LogP contribution in [0.1, 0.15) is 111 Å². The van der Waals surface area contributed by atoms with E-state index in [1.165, 1.54) is 6.07 Å². The van der Waals surface area contributed by atoms with Gasteiger partial charge in [-0.3, -0.25) is 14.4 Å². The first-order chi connectivity index (χ1) is 24.1. The van der Waals surface area contributed by atoms with Gasteiger partial charge in [0.05, 0.1) is 12.1 Å². The van der Waals surface area contributed by atoms with Crippen molar-refractivity contribution in [3.8, 4) is 0 Å². The molecule has 1 unspecified atom stereocenters. The van der Waals surface area contributed by atoms with Gasteiger partial charge in [0.25, 0.3) is 11.8 Å². The molecular weight excluding hydrogens is 658 g/mol. The predicted octanol–water partition coefficient (Wildman–Crippen LogP) is 6.17. The largest absolute Gasteiger partial charge is 0.444 e. The molecule has 10 nitrogen and oxygen atoms in total. The van der Waals surface area contributed by atoms with Crippen molar-refractivity contribution in [1.82, 2.24) is 20.4 Å². The lowest BCUT2D eigenvalue weighted by Gasteiger charge is -2.34. The average molecular weight is 715 g/mol. The van der Waals surface area contributed by atoms with E-state index in [-0.39, 0.29) is 60.8 Å². The fourth-order valence-electron chi connectivity index (χ4n) is 6.37. The Labute approximate surface area is 301 Å². The van der Waals surface area contributed by atoms with Crippen molar-refractivity contribution >= 4 is 23.8 Å². The number of nitrogens with one attached hydrogen (secondary N) is 2. The molecule has 12 heteroatoms. The third-order valence-electron chi connectivity index (χ3n) is 8.73. The van der Waals surface area contributed by atoms with Crippen LogP contribution in [0, 0.1) is 24.5 Å². The highest BCUT2D eigenvalue weighted by atomic mass is 19.1. The Kier molecular flexibility index (Phi) is 15.8. The third-order valence-corrected chi connectivity index (χ3v) is 8.73. The molecule has 0 saturated carbocycles. The summed E-state index contributed by atoms with van der Waals surface area (Å²) in [6.07, 6.45) is 2.60. The molecule has 3 N–H and O–H groups in total. The number of nitrogens with zero attached hydrogens (tertiary/aromatic N) is 2. The normalized spacial score (nSPS) is 15.9. The zero-order valence-corrected chi connectivity index (χ0v) is 31.0. The van der Waals surface area contributed by atoms with Crippen LogP contribution >= 0.6 is 0 Å². The van der Waals surface area contributed by atoms with Crippen molar-refractivity contribution in [2.45, 2.75) is 111 Å². The van der Waals surface area contributed by atoms with Gasteiger partial charge in [-0.25, -0.2) is 13.6 Å². The Balaban J connectivity index is 1.64. The number of aryl methyl sites for hydroxylation is 1. The number of carbonyl (C=O) groups is 4. The number of hydrogen-bond acceptors (Lipinski definition) is 6. The summed E-state index contributed by atoms with van der Waals surface area (Å²) in [4.78, 5) is 55.6. The summed E-state index contributed by atoms with van der Waals surface area (Å²) in [5, 5.41) is 16.9. The van der Waals surface area contributed by atoms with E-state index in [2.05, 4.69) is 10.6 Å². The van der Waals surface area contributed by atoms with Crippen LogP contribution in [0.4, 0.5) is 13.6 Å². The minimum Gasteiger partial charge on any atom is -0.444 e. The summed E-state index contributed by atoms with van der Waals surface area (Å²) in [6, 6.07) is 6.96. The van der Waals surface area contributed by atoms with E-state index < -0.39 is 35.3 Å². The van der Waals surface area contributed by atoms with Gasteiger partial charge in [0.2, 0.25) is 5.91 Å². The van der Waals surface area contributed by atoms with Crippen LogP contribution < -0.4 is 10.6 Å². The number of aliphatic hydroxyl groups is 1. The van der Waals surface area contributed by atoms with E-state index in [4.69, 9.17) is 4.74 Å². The zero-order chi connectivity index (χ0) is 37.7. The number of aliphatic hydroxyl groups excluding tert-OH is 1. The van der Waals surface area contributed by atoms with Crippen LogP contribution in [-0.2, 0) is 16.0 Å². The van der Waals surface area contributed by atoms with Crippen molar-refractivity contribution in [3.05, 3.63) is 70.3 Å². The van der Waals surface area contributed by atoms with Gasteiger partial charge in [-0.2, -0.15) is 0 Å². The molecule has 2 aromatic carbocycles. The van der Waals surface area contributed by atoms with Gasteiger partial charge < -0.3 is 30.3 Å². The number of rotatable bonds is 16. The molecule has 0 aromatic heterocycles. The average Bonchev–Trinajstić information content (AvgIpc) is 3.05. The summed E-state index contributed by atoms with van der Waals surface area (Å²) >= 11 is 0. The first-order valence-corrected chi connectivity index (χ1v) is 18.2. The summed E-state index contributed by atoms with van der Waals surface area (Å²) in [6.45, 7) is 13.7. The molecule has 0 spiro atoms. The Morgan fingerprint density at radius 3 is 2.27 bits per heavy atom. The van der Waals surface area contributed by atoms with Crippen LogP contribution in [0.25, 0.3) is 0 Å². The lowest BCUT2D eigenvalue weighted by molar-refractivity contribution is -0.121. The smallest absolute Gasteiger partial charge is 0.410 e. The Bertz CT molecular complexity index is 1470. The highest BCUT2D eigenvalue weighted by Gasteiger charge is 2.28. The van der Waals surface area contributed by atoms with Crippen LogP contribution in [0.15, 0.2) is 36.4 Å². The van der Waals surface area contributed by atoms with E-state index in [9.17, 15) is 33.1 Å². The third kappa shape index (κ3) is 13.9. The van der Waals surface area contributed by atoms with E-state index in [0.29, 0.717) is 43.7 Å². The Morgan fingerprint density at radius 1 is 1.00 bits per heavy atom. The van der Waals surface area contributed by atoms with Crippen molar-refractivity contribution < 1.29 is 37.8 Å². The van der Waals surface area contributed by atoms with Crippen LogP contribution in [0.2, 0.25) is 0 Å². The molecule has 2 aromatic rings. The molecule has 3 rings (SSSR count). The maximum atomic E-state index is 14.1. The standard InChI is InChI=1S/C39H56F2N4O6/c1-7-15-44(16-8-2)37(49)30-19-26(3)18-29(23-30)36(48)43-33(22-28-20-31(40)24-32(41)21-28)34(46)13-14-42-35(47)12-11-27-10-9-17-45(25-27)38(50)51-39(4,5)6/h18-21,23-24,27,33-34,46H,7-17,22,25H2,1-6H3,(H,42,47)(H,43,48)/t27?,33-,34-/m0/s1. The number of ether oxygens (including phenoxy) is 1. The van der Waals surface area contributed by atoms with Gasteiger partial charge >= 0.3 is 6.09 Å². The molecule has 3 atom stereocenters. The van der Waals surface area contributed by atoms with E-state index in [1.54, 1.807) is 28.9 Å². The van der Waals surface area contributed by atoms with Gasteiger partial charge in [0.15, 0.2) is 0 Å². The van der Waals surface area contributed by atoms with Gasteiger partial charge in [-0.05, 0) is 120 Å². The second kappa shape index (κ2) is 19.5. The molecule has 0 bridgehead atoms. The topological polar surface area (TPSA) is 128 Å². The highest BCUT2D eigenvalue weighted by molar-refractivity contribution is 6.00. The van der Waals surface area contributed by atoms with E-state index in [0.717, 1.165) is 43.9 Å². The summed E-state index contributed by atoms with van der Waals surface area (Å²) in [5.41, 5.74) is 0.953. The van der Waals surface area contributed by atoms with Gasteiger partial charge in [0.1, 0.15) is 17.2 Å². The second-order valence-electron chi connectivity index (χ2n) is 14.6. The summed E-state index contributed by atoms with van der Waals surface area (Å²) < 4.78 is 33.6. The Hall–Kier alpha value is -4.06. The number of amides is 4. The molecular formula is C39H56F2N4O6. The predicted molar refractivity (Wildman–Crippen MR) is 192 cm³/mol. The maximum Gasteiger partial charge on any atom is 0.410 e. The number of halogens is 2. The fourth-order valence-corrected chi connectivity index (χ4v) is 6.37. The number of benzene rings is 2. The first kappa shape index (κ1) is 41.4. The Morgan fingerprint density at radius 2 is 1.65 bits per heavy atom. The molecule has 1 fully saturated rings. The quantitative estimate of drug-likeness (QED) is 0.191. The summed E-state index contributed by atoms with van der Waals surface area (Å²) in [5.74, 6) is -2.34. The number of piperidine rings is 1. The number of carbonyl (C=O) groups excluding carboxylic acids is 4. The van der Waals surface area contributed by atoms with Crippen LogP contribution in [0.5, 0.6) is 0 Å². The van der Waals surface area contributed by atoms with Gasteiger partial charge in [-0.15, -0.1) is 0 Å². The molecule has 51 heavy (non-hydrogen) atoms. The van der Waals surface area contributed by atoms with Gasteiger partial charge in [0, 0.05) is 56.3 Å². The highest BCUT2D eigenvalue weighted by Crippen LogP contribution is 2.23. The molecule has 1 saturated heterocycles. The lowest BCUT2D eigenvalue weighted by Crippen LogP contribution is -2.46. The molecule has 1 aliphatic heterocycles. The molecule has 282 valence electrons. The van der Waals surface area contributed by atoms with Crippen LogP contribution in [0.3, 0.4) is 0 Å². The molecule has 0 radical (unpaired) electrons. The lowest BCUT2D eigenvalue weighted by atomic mass is 9.93. The monoisotopic (exact) mass is 714 g/mol. The first-order valence-electron chi connectivity index (χ1n) is 18.2. The van der Waals surface area contributed by atoms with Crippen molar-refractivity contribution in [3.63, 3.8) is 0 Å². The van der Waals surface area contributed by atoms with E-state index >= 15 is 0 Å². The van der Waals surface area contributed by atoms with Crippen molar-refractivity contribution in [2.24, 2.45) is 5.92 Å². The van der Waals surface area contributed by atoms with Crippen molar-refractivity contribution in [2.75, 3.05) is 32.7 Å². The fraction of sp³-hybridized carbons (Fsp3) is 0.590. The minimum absolute atomic E-state index is 0.0604.